The lowest BCUT2D eigenvalue weighted by atomic mass is 10.1. The minimum absolute atomic E-state index is 0.431. The van der Waals surface area contributed by atoms with Gasteiger partial charge in [0.15, 0.2) is 0 Å². The second kappa shape index (κ2) is 6.36. The number of pyridine rings is 1. The van der Waals surface area contributed by atoms with E-state index in [0.717, 1.165) is 35.4 Å². The summed E-state index contributed by atoms with van der Waals surface area (Å²) in [6.45, 7) is 3.88. The average molecular weight is 299 g/mol. The van der Waals surface area contributed by atoms with E-state index in [0.29, 0.717) is 6.10 Å². The molecular weight excluding hydrogens is 280 g/mol. The van der Waals surface area contributed by atoms with Crippen LogP contribution in [-0.4, -0.2) is 24.2 Å². The van der Waals surface area contributed by atoms with Gasteiger partial charge in [0.1, 0.15) is 5.82 Å². The Labute approximate surface area is 111 Å². The van der Waals surface area contributed by atoms with Crippen molar-refractivity contribution in [1.82, 2.24) is 4.98 Å². The van der Waals surface area contributed by atoms with Gasteiger partial charge < -0.3 is 10.1 Å². The molecule has 1 N–H and O–H groups in total. The molecule has 17 heavy (non-hydrogen) atoms. The molecule has 1 aromatic heterocycles. The number of ether oxygens (including phenoxy) is 1. The number of hydrogen-bond donors (Lipinski definition) is 1. The van der Waals surface area contributed by atoms with Crippen LogP contribution in [-0.2, 0) is 4.74 Å². The highest BCUT2D eigenvalue weighted by atomic mass is 79.9. The van der Waals surface area contributed by atoms with Gasteiger partial charge in [0.2, 0.25) is 0 Å². The number of anilines is 1. The summed E-state index contributed by atoms with van der Waals surface area (Å²) in [6.07, 6.45) is 7.09. The van der Waals surface area contributed by atoms with Gasteiger partial charge in [-0.25, -0.2) is 4.98 Å². The molecule has 1 aliphatic heterocycles. The van der Waals surface area contributed by atoms with E-state index in [-0.39, 0.29) is 0 Å². The molecule has 0 radical (unpaired) electrons. The van der Waals surface area contributed by atoms with Gasteiger partial charge in [-0.3, -0.25) is 0 Å². The molecule has 0 amide bonds. The van der Waals surface area contributed by atoms with E-state index in [1.807, 2.05) is 13.1 Å². The topological polar surface area (TPSA) is 34.2 Å². The standard InChI is InChI=1S/C13H19BrN2O/c1-10-8-12(14)13(16-9-10)15-6-5-11-4-2-3-7-17-11/h8-9,11H,2-7H2,1H3,(H,15,16). The van der Waals surface area contributed by atoms with Crippen LogP contribution in [0.25, 0.3) is 0 Å². The molecule has 0 bridgehead atoms. The number of rotatable bonds is 4. The van der Waals surface area contributed by atoms with Crippen molar-refractivity contribution in [3.05, 3.63) is 22.3 Å². The largest absolute Gasteiger partial charge is 0.378 e. The average Bonchev–Trinajstić information content (AvgIpc) is 2.33. The predicted octanol–water partition coefficient (Wildman–Crippen LogP) is 3.52. The Kier molecular flexibility index (Phi) is 4.80. The Morgan fingerprint density at radius 2 is 2.41 bits per heavy atom. The molecule has 3 nitrogen and oxygen atoms in total. The lowest BCUT2D eigenvalue weighted by Gasteiger charge is -2.22. The molecule has 1 aromatic rings. The third-order valence-corrected chi connectivity index (χ3v) is 3.62. The Morgan fingerprint density at radius 3 is 3.12 bits per heavy atom. The molecule has 2 rings (SSSR count). The zero-order valence-electron chi connectivity index (χ0n) is 10.2. The Bertz CT molecular complexity index is 364. The molecule has 2 heterocycles. The Morgan fingerprint density at radius 1 is 1.53 bits per heavy atom. The maximum Gasteiger partial charge on any atom is 0.140 e. The van der Waals surface area contributed by atoms with E-state index < -0.39 is 0 Å². The summed E-state index contributed by atoms with van der Waals surface area (Å²) in [6, 6.07) is 2.08. The van der Waals surface area contributed by atoms with Crippen LogP contribution in [0.3, 0.4) is 0 Å². The smallest absolute Gasteiger partial charge is 0.140 e. The van der Waals surface area contributed by atoms with E-state index in [2.05, 4.69) is 32.3 Å². The maximum atomic E-state index is 5.69. The van der Waals surface area contributed by atoms with E-state index >= 15 is 0 Å². The van der Waals surface area contributed by atoms with Crippen LogP contribution in [0.1, 0.15) is 31.2 Å². The highest BCUT2D eigenvalue weighted by molar-refractivity contribution is 9.10. The summed E-state index contributed by atoms with van der Waals surface area (Å²) in [5.41, 5.74) is 1.16. The third kappa shape index (κ3) is 3.96. The van der Waals surface area contributed by atoms with E-state index in [9.17, 15) is 0 Å². The number of aryl methyl sites for hydroxylation is 1. The van der Waals surface area contributed by atoms with E-state index in [1.54, 1.807) is 0 Å². The molecule has 4 heteroatoms. The van der Waals surface area contributed by atoms with Gasteiger partial charge in [-0.05, 0) is 60.2 Å². The molecule has 1 atom stereocenters. The number of aromatic nitrogens is 1. The summed E-state index contributed by atoms with van der Waals surface area (Å²) < 4.78 is 6.72. The molecule has 0 aliphatic carbocycles. The first-order chi connectivity index (χ1) is 8.25. The predicted molar refractivity (Wildman–Crippen MR) is 73.4 cm³/mol. The maximum absolute atomic E-state index is 5.69. The second-order valence-corrected chi connectivity index (χ2v) is 5.40. The van der Waals surface area contributed by atoms with Crippen LogP contribution >= 0.6 is 15.9 Å². The SMILES string of the molecule is Cc1cnc(NCCC2CCCCO2)c(Br)c1. The lowest BCUT2D eigenvalue weighted by molar-refractivity contribution is 0.0134. The van der Waals surface area contributed by atoms with Crippen LogP contribution in [0.4, 0.5) is 5.82 Å². The van der Waals surface area contributed by atoms with Gasteiger partial charge >= 0.3 is 0 Å². The fourth-order valence-corrected chi connectivity index (χ4v) is 2.65. The van der Waals surface area contributed by atoms with Crippen molar-refractivity contribution in [2.45, 2.75) is 38.7 Å². The molecule has 0 spiro atoms. The Hall–Kier alpha value is -0.610. The first-order valence-corrected chi connectivity index (χ1v) is 7.02. The van der Waals surface area contributed by atoms with Crippen molar-refractivity contribution < 1.29 is 4.74 Å². The number of hydrogen-bond acceptors (Lipinski definition) is 3. The molecule has 0 aromatic carbocycles. The van der Waals surface area contributed by atoms with Crippen molar-refractivity contribution in [2.75, 3.05) is 18.5 Å². The Balaban J connectivity index is 1.77. The zero-order chi connectivity index (χ0) is 12.1. The quantitative estimate of drug-likeness (QED) is 0.923. The molecule has 1 unspecified atom stereocenters. The summed E-state index contributed by atoms with van der Waals surface area (Å²) in [7, 11) is 0. The normalized spacial score (nSPS) is 20.2. The first-order valence-electron chi connectivity index (χ1n) is 6.23. The third-order valence-electron chi connectivity index (χ3n) is 3.01. The number of nitrogens with one attached hydrogen (secondary N) is 1. The van der Waals surface area contributed by atoms with Gasteiger partial charge in [-0.1, -0.05) is 0 Å². The number of halogens is 1. The molecule has 0 saturated carbocycles. The van der Waals surface area contributed by atoms with Crippen LogP contribution in [0.15, 0.2) is 16.7 Å². The number of nitrogens with zero attached hydrogens (tertiary/aromatic N) is 1. The molecule has 1 saturated heterocycles. The van der Waals surface area contributed by atoms with Gasteiger partial charge in [-0.2, -0.15) is 0 Å². The highest BCUT2D eigenvalue weighted by Crippen LogP contribution is 2.21. The van der Waals surface area contributed by atoms with Crippen molar-refractivity contribution in [3.8, 4) is 0 Å². The van der Waals surface area contributed by atoms with Crippen LogP contribution in [0.5, 0.6) is 0 Å². The van der Waals surface area contributed by atoms with Crippen molar-refractivity contribution in [2.24, 2.45) is 0 Å². The lowest BCUT2D eigenvalue weighted by Crippen LogP contribution is -2.22. The van der Waals surface area contributed by atoms with Gasteiger partial charge in [-0.15, -0.1) is 0 Å². The fraction of sp³-hybridized carbons (Fsp3) is 0.615. The molecule has 94 valence electrons. The zero-order valence-corrected chi connectivity index (χ0v) is 11.8. The van der Waals surface area contributed by atoms with Crippen molar-refractivity contribution in [1.29, 1.82) is 0 Å². The molecule has 1 fully saturated rings. The summed E-state index contributed by atoms with van der Waals surface area (Å²) >= 11 is 3.52. The summed E-state index contributed by atoms with van der Waals surface area (Å²) in [4.78, 5) is 4.36. The van der Waals surface area contributed by atoms with Crippen LogP contribution in [0, 0.1) is 6.92 Å². The van der Waals surface area contributed by atoms with Crippen molar-refractivity contribution in [3.63, 3.8) is 0 Å². The fourth-order valence-electron chi connectivity index (χ4n) is 2.05. The molecule has 1 aliphatic rings. The summed E-state index contributed by atoms with van der Waals surface area (Å²) in [5, 5.41) is 3.35. The summed E-state index contributed by atoms with van der Waals surface area (Å²) in [5.74, 6) is 0.923. The van der Waals surface area contributed by atoms with Crippen molar-refractivity contribution >= 4 is 21.7 Å². The van der Waals surface area contributed by atoms with Gasteiger partial charge in [0.05, 0.1) is 10.6 Å². The first kappa shape index (κ1) is 12.8. The highest BCUT2D eigenvalue weighted by Gasteiger charge is 2.13. The minimum Gasteiger partial charge on any atom is -0.378 e. The molecular formula is C13H19BrN2O. The van der Waals surface area contributed by atoms with E-state index in [4.69, 9.17) is 4.74 Å². The second-order valence-electron chi connectivity index (χ2n) is 4.55. The minimum atomic E-state index is 0.431. The van der Waals surface area contributed by atoms with Gasteiger partial charge in [0, 0.05) is 19.3 Å². The van der Waals surface area contributed by atoms with Crippen LogP contribution in [0.2, 0.25) is 0 Å². The van der Waals surface area contributed by atoms with Gasteiger partial charge in [0.25, 0.3) is 0 Å². The monoisotopic (exact) mass is 298 g/mol. The van der Waals surface area contributed by atoms with Crippen LogP contribution < -0.4 is 5.32 Å². The van der Waals surface area contributed by atoms with E-state index in [1.165, 1.54) is 19.3 Å².